The Morgan fingerprint density at radius 1 is 1.22 bits per heavy atom. The van der Waals surface area contributed by atoms with E-state index in [2.05, 4.69) is 28.7 Å². The molecule has 0 spiro atoms. The lowest BCUT2D eigenvalue weighted by molar-refractivity contribution is 0.264. The van der Waals surface area contributed by atoms with Gasteiger partial charge in [0.1, 0.15) is 12.4 Å². The first-order chi connectivity index (χ1) is 10.9. The largest absolute Gasteiger partial charge is 0.489 e. The molecule has 0 fully saturated rings. The quantitative estimate of drug-likeness (QED) is 0.425. The molecule has 1 N–H and O–H groups in total. The summed E-state index contributed by atoms with van der Waals surface area (Å²) in [5.41, 5.74) is 3.63. The summed E-state index contributed by atoms with van der Waals surface area (Å²) in [4.78, 5) is 0. The molecule has 0 aliphatic rings. The van der Waals surface area contributed by atoms with Crippen molar-refractivity contribution in [2.45, 2.75) is 20.5 Å². The number of halogens is 1. The number of thiocarbonyl (C=S) groups is 1. The van der Waals surface area contributed by atoms with E-state index >= 15 is 0 Å². The molecular weight excluding hydrogens is 425 g/mol. The first-order valence-electron chi connectivity index (χ1n) is 6.98. The summed E-state index contributed by atoms with van der Waals surface area (Å²) in [6.45, 7) is 4.37. The number of methoxy groups -OCH3 is 1. The van der Waals surface area contributed by atoms with Gasteiger partial charge >= 0.3 is 0 Å². The summed E-state index contributed by atoms with van der Waals surface area (Å²) in [7, 11) is 1.42. The molecule has 0 bridgehead atoms. The highest BCUT2D eigenvalue weighted by atomic mass is 127. The van der Waals surface area contributed by atoms with Crippen LogP contribution in [0, 0.1) is 17.4 Å². The van der Waals surface area contributed by atoms with E-state index in [4.69, 9.17) is 21.7 Å². The maximum atomic E-state index is 10.2. The minimum atomic E-state index is -0.0141. The van der Waals surface area contributed by atoms with Gasteiger partial charge in [0.2, 0.25) is 0 Å². The van der Waals surface area contributed by atoms with E-state index in [1.165, 1.54) is 12.7 Å². The molecule has 0 saturated carbocycles. The Balaban J connectivity index is 2.24. The first-order valence-corrected chi connectivity index (χ1v) is 8.46. The number of aryl methyl sites for hydroxylation is 2. The van der Waals surface area contributed by atoms with E-state index < -0.39 is 0 Å². The molecule has 0 heterocycles. The molecule has 122 valence electrons. The number of ether oxygens (including phenoxy) is 2. The molecule has 2 aromatic carbocycles. The topological polar surface area (TPSA) is 41.9 Å². The van der Waals surface area contributed by atoms with Crippen LogP contribution in [0.25, 0.3) is 0 Å². The van der Waals surface area contributed by atoms with Crippen LogP contribution in [0.5, 0.6) is 5.75 Å². The second kappa shape index (κ2) is 7.94. The number of hydrogen-bond acceptors (Lipinski definition) is 4. The highest BCUT2D eigenvalue weighted by Gasteiger charge is 2.15. The zero-order valence-corrected chi connectivity index (χ0v) is 16.1. The second-order valence-electron chi connectivity index (χ2n) is 5.11. The number of nitrogens with zero attached hydrogens (tertiary/aromatic N) is 1. The van der Waals surface area contributed by atoms with Gasteiger partial charge in [-0.25, -0.2) is 0 Å². The predicted octanol–water partition coefficient (Wildman–Crippen LogP) is 4.61. The van der Waals surface area contributed by atoms with Crippen LogP contribution in [0.2, 0.25) is 0 Å². The van der Waals surface area contributed by atoms with E-state index in [9.17, 15) is 5.21 Å². The van der Waals surface area contributed by atoms with Crippen molar-refractivity contribution >= 4 is 45.7 Å². The van der Waals surface area contributed by atoms with Crippen LogP contribution in [-0.4, -0.2) is 17.5 Å². The van der Waals surface area contributed by atoms with Crippen molar-refractivity contribution in [1.29, 1.82) is 0 Å². The molecule has 0 aliphatic heterocycles. The van der Waals surface area contributed by atoms with E-state index in [-0.39, 0.29) is 5.17 Å². The van der Waals surface area contributed by atoms with Crippen LogP contribution in [0.15, 0.2) is 36.4 Å². The molecule has 2 rings (SSSR count). The molecule has 0 aromatic heterocycles. The predicted molar refractivity (Wildman–Crippen MR) is 103 cm³/mol. The lowest BCUT2D eigenvalue weighted by Crippen LogP contribution is -2.27. The fraction of sp³-hybridized carbons (Fsp3) is 0.235. The van der Waals surface area contributed by atoms with E-state index in [1.807, 2.05) is 44.2 Å². The molecule has 23 heavy (non-hydrogen) atoms. The minimum Gasteiger partial charge on any atom is -0.489 e. The van der Waals surface area contributed by atoms with Crippen LogP contribution >= 0.6 is 34.8 Å². The summed E-state index contributed by atoms with van der Waals surface area (Å²) >= 11 is 7.16. The van der Waals surface area contributed by atoms with Gasteiger partial charge in [-0.3, -0.25) is 5.21 Å². The highest BCUT2D eigenvalue weighted by Crippen LogP contribution is 2.26. The average molecular weight is 443 g/mol. The highest BCUT2D eigenvalue weighted by molar-refractivity contribution is 14.1. The third-order valence-electron chi connectivity index (χ3n) is 3.34. The standard InChI is InChI=1S/C17H18INO3S/c1-11-4-7-16(12(2)8-11)22-10-13-5-6-14(18)9-15(13)19(20)17(23)21-3/h4-9,20H,10H2,1-3H3. The van der Waals surface area contributed by atoms with Gasteiger partial charge in [-0.1, -0.05) is 23.8 Å². The summed E-state index contributed by atoms with van der Waals surface area (Å²) in [6.07, 6.45) is 0. The Labute approximate surface area is 155 Å². The SMILES string of the molecule is COC(=S)N(O)c1cc(I)ccc1COc1ccc(C)cc1C. The summed E-state index contributed by atoms with van der Waals surface area (Å²) in [5.74, 6) is 0.818. The van der Waals surface area contributed by atoms with Crippen molar-refractivity contribution in [2.75, 3.05) is 12.2 Å². The van der Waals surface area contributed by atoms with Crippen molar-refractivity contribution < 1.29 is 14.7 Å². The van der Waals surface area contributed by atoms with Crippen molar-refractivity contribution in [2.24, 2.45) is 0 Å². The summed E-state index contributed by atoms with van der Waals surface area (Å²) in [5, 5.41) is 11.0. The first kappa shape index (κ1) is 18.0. The fourth-order valence-corrected chi connectivity index (χ4v) is 2.73. The van der Waals surface area contributed by atoms with E-state index in [0.29, 0.717) is 12.3 Å². The molecule has 0 aliphatic carbocycles. The van der Waals surface area contributed by atoms with Gasteiger partial charge < -0.3 is 9.47 Å². The molecule has 2 aromatic rings. The van der Waals surface area contributed by atoms with Crippen LogP contribution < -0.4 is 9.80 Å². The van der Waals surface area contributed by atoms with Crippen LogP contribution in [-0.2, 0) is 11.3 Å². The lowest BCUT2D eigenvalue weighted by Gasteiger charge is -2.20. The molecular formula is C17H18INO3S. The zero-order chi connectivity index (χ0) is 17.0. The van der Waals surface area contributed by atoms with Gasteiger partial charge in [-0.05, 0) is 72.4 Å². The lowest BCUT2D eigenvalue weighted by atomic mass is 10.1. The van der Waals surface area contributed by atoms with Crippen molar-refractivity contribution in [3.63, 3.8) is 0 Å². The molecule has 4 nitrogen and oxygen atoms in total. The third kappa shape index (κ3) is 4.55. The van der Waals surface area contributed by atoms with E-state index in [1.54, 1.807) is 0 Å². The second-order valence-corrected chi connectivity index (χ2v) is 6.71. The molecule has 0 radical (unpaired) electrons. The molecule has 0 atom stereocenters. The van der Waals surface area contributed by atoms with Gasteiger partial charge in [0.15, 0.2) is 0 Å². The molecule has 0 amide bonds. The van der Waals surface area contributed by atoms with Crippen LogP contribution in [0.3, 0.4) is 0 Å². The van der Waals surface area contributed by atoms with Crippen LogP contribution in [0.4, 0.5) is 5.69 Å². The minimum absolute atomic E-state index is 0.0141. The number of hydrogen-bond donors (Lipinski definition) is 1. The monoisotopic (exact) mass is 443 g/mol. The molecule has 6 heteroatoms. The average Bonchev–Trinajstić information content (AvgIpc) is 2.53. The van der Waals surface area contributed by atoms with Crippen molar-refractivity contribution in [3.8, 4) is 5.75 Å². The van der Waals surface area contributed by atoms with Gasteiger partial charge in [0.25, 0.3) is 5.17 Å². The Hall–Kier alpha value is -1.38. The number of anilines is 1. The summed E-state index contributed by atoms with van der Waals surface area (Å²) < 4.78 is 11.8. The smallest absolute Gasteiger partial charge is 0.288 e. The Morgan fingerprint density at radius 2 is 1.96 bits per heavy atom. The van der Waals surface area contributed by atoms with Crippen molar-refractivity contribution in [1.82, 2.24) is 0 Å². The Kier molecular flexibility index (Phi) is 6.20. The fourth-order valence-electron chi connectivity index (χ4n) is 2.16. The molecule has 0 saturated heterocycles. The third-order valence-corrected chi connectivity index (χ3v) is 4.35. The van der Waals surface area contributed by atoms with Crippen molar-refractivity contribution in [3.05, 3.63) is 56.7 Å². The molecule has 0 unspecified atom stereocenters. The number of rotatable bonds is 4. The maximum absolute atomic E-state index is 10.2. The van der Waals surface area contributed by atoms with Gasteiger partial charge in [-0.15, -0.1) is 0 Å². The van der Waals surface area contributed by atoms with Gasteiger partial charge in [-0.2, -0.15) is 5.06 Å². The van der Waals surface area contributed by atoms with E-state index in [0.717, 1.165) is 25.5 Å². The normalized spacial score (nSPS) is 10.3. The Morgan fingerprint density at radius 3 is 2.61 bits per heavy atom. The number of benzene rings is 2. The van der Waals surface area contributed by atoms with Gasteiger partial charge in [0, 0.05) is 9.13 Å². The maximum Gasteiger partial charge on any atom is 0.288 e. The van der Waals surface area contributed by atoms with Crippen LogP contribution in [0.1, 0.15) is 16.7 Å². The number of hydroxylamine groups is 1. The summed E-state index contributed by atoms with van der Waals surface area (Å²) in [6, 6.07) is 11.7. The zero-order valence-electron chi connectivity index (χ0n) is 13.2. The Bertz CT molecular complexity index is 721. The van der Waals surface area contributed by atoms with Gasteiger partial charge in [0.05, 0.1) is 12.8 Å².